The number of carbonyl (C=O) groups is 2. The molecule has 1 aromatic heterocycles. The van der Waals surface area contributed by atoms with E-state index in [-0.39, 0.29) is 35.1 Å². The van der Waals surface area contributed by atoms with E-state index >= 15 is 0 Å². The fourth-order valence-electron chi connectivity index (χ4n) is 2.08. The molecule has 1 aromatic rings. The minimum Gasteiger partial charge on any atom is -0.469 e. The molecule has 114 valence electrons. The average molecular weight is 314 g/mol. The summed E-state index contributed by atoms with van der Waals surface area (Å²) >= 11 is 5.93. The number of hydrogen-bond acceptors (Lipinski definition) is 6. The molecular weight excluding hydrogens is 298 g/mol. The first-order chi connectivity index (χ1) is 10.0. The molecule has 1 unspecified atom stereocenters. The molecule has 1 amide bonds. The molecule has 21 heavy (non-hydrogen) atoms. The molecule has 7 nitrogen and oxygen atoms in total. The van der Waals surface area contributed by atoms with Crippen LogP contribution in [0.5, 0.6) is 0 Å². The largest absolute Gasteiger partial charge is 0.469 e. The second-order valence-electron chi connectivity index (χ2n) is 4.63. The molecule has 2 heterocycles. The lowest BCUT2D eigenvalue weighted by Gasteiger charge is -2.32. The summed E-state index contributed by atoms with van der Waals surface area (Å²) < 4.78 is 10.1. The van der Waals surface area contributed by atoms with Crippen LogP contribution in [-0.4, -0.2) is 54.7 Å². The SMILES string of the molecule is COC(=O)CC1CN(C(=O)c2cc(N)cnc2Cl)CCO1. The smallest absolute Gasteiger partial charge is 0.308 e. The fourth-order valence-corrected chi connectivity index (χ4v) is 2.27. The third-order valence-electron chi connectivity index (χ3n) is 3.14. The highest BCUT2D eigenvalue weighted by Crippen LogP contribution is 2.20. The molecule has 2 N–H and O–H groups in total. The maximum absolute atomic E-state index is 12.4. The Morgan fingerprint density at radius 3 is 3.10 bits per heavy atom. The summed E-state index contributed by atoms with van der Waals surface area (Å²) in [5, 5.41) is 0.102. The van der Waals surface area contributed by atoms with Crippen molar-refractivity contribution in [3.05, 3.63) is 23.0 Å². The molecule has 0 radical (unpaired) electrons. The van der Waals surface area contributed by atoms with Crippen LogP contribution in [-0.2, 0) is 14.3 Å². The second kappa shape index (κ2) is 6.73. The highest BCUT2D eigenvalue weighted by molar-refractivity contribution is 6.32. The quantitative estimate of drug-likeness (QED) is 0.652. The fraction of sp³-hybridized carbons (Fsp3) is 0.462. The van der Waals surface area contributed by atoms with Gasteiger partial charge in [-0.05, 0) is 6.07 Å². The highest BCUT2D eigenvalue weighted by atomic mass is 35.5. The van der Waals surface area contributed by atoms with Crippen LogP contribution in [0, 0.1) is 0 Å². The van der Waals surface area contributed by atoms with E-state index in [1.54, 1.807) is 4.90 Å². The molecule has 0 saturated carbocycles. The van der Waals surface area contributed by atoms with Crippen LogP contribution in [0.15, 0.2) is 12.3 Å². The number of carbonyl (C=O) groups excluding carboxylic acids is 2. The Balaban J connectivity index is 2.08. The molecule has 8 heteroatoms. The van der Waals surface area contributed by atoms with Gasteiger partial charge in [0, 0.05) is 13.1 Å². The summed E-state index contributed by atoms with van der Waals surface area (Å²) in [5.41, 5.74) is 6.24. The normalized spacial score (nSPS) is 18.4. The number of halogens is 1. The lowest BCUT2D eigenvalue weighted by atomic mass is 10.1. The van der Waals surface area contributed by atoms with Crippen molar-refractivity contribution in [3.63, 3.8) is 0 Å². The maximum Gasteiger partial charge on any atom is 0.308 e. The van der Waals surface area contributed by atoms with Gasteiger partial charge in [-0.15, -0.1) is 0 Å². The molecule has 0 aromatic carbocycles. The topological polar surface area (TPSA) is 94.8 Å². The molecule has 1 fully saturated rings. The number of amides is 1. The lowest BCUT2D eigenvalue weighted by molar-refractivity contribution is -0.145. The predicted molar refractivity (Wildman–Crippen MR) is 75.9 cm³/mol. The van der Waals surface area contributed by atoms with Gasteiger partial charge in [-0.3, -0.25) is 9.59 Å². The van der Waals surface area contributed by atoms with Crippen molar-refractivity contribution < 1.29 is 19.1 Å². The lowest BCUT2D eigenvalue weighted by Crippen LogP contribution is -2.46. The van der Waals surface area contributed by atoms with E-state index in [0.717, 1.165) is 0 Å². The number of rotatable bonds is 3. The second-order valence-corrected chi connectivity index (χ2v) is 4.99. The first-order valence-corrected chi connectivity index (χ1v) is 6.77. The molecule has 0 aliphatic carbocycles. The zero-order chi connectivity index (χ0) is 15.4. The first kappa shape index (κ1) is 15.5. The highest BCUT2D eigenvalue weighted by Gasteiger charge is 2.28. The molecule has 2 rings (SSSR count). The van der Waals surface area contributed by atoms with Gasteiger partial charge in [0.2, 0.25) is 0 Å². The molecule has 1 aliphatic heterocycles. The minimum atomic E-state index is -0.386. The zero-order valence-electron chi connectivity index (χ0n) is 11.5. The van der Waals surface area contributed by atoms with Gasteiger partial charge in [-0.25, -0.2) is 4.98 Å². The van der Waals surface area contributed by atoms with Crippen LogP contribution in [0.1, 0.15) is 16.8 Å². The van der Waals surface area contributed by atoms with Crippen molar-refractivity contribution >= 4 is 29.2 Å². The number of nitrogens with zero attached hydrogens (tertiary/aromatic N) is 2. The number of anilines is 1. The monoisotopic (exact) mass is 313 g/mol. The molecule has 1 atom stereocenters. The maximum atomic E-state index is 12.4. The van der Waals surface area contributed by atoms with E-state index in [2.05, 4.69) is 9.72 Å². The van der Waals surface area contributed by atoms with Crippen molar-refractivity contribution in [2.24, 2.45) is 0 Å². The van der Waals surface area contributed by atoms with E-state index in [9.17, 15) is 9.59 Å². The number of nitrogens with two attached hydrogens (primary N) is 1. The van der Waals surface area contributed by atoms with Crippen LogP contribution in [0.4, 0.5) is 5.69 Å². The summed E-state index contributed by atoms with van der Waals surface area (Å²) in [6.45, 7) is 1.06. The third kappa shape index (κ3) is 3.83. The van der Waals surface area contributed by atoms with Gasteiger partial charge >= 0.3 is 5.97 Å². The third-order valence-corrected chi connectivity index (χ3v) is 3.44. The minimum absolute atomic E-state index is 0.100. The van der Waals surface area contributed by atoms with E-state index in [0.29, 0.717) is 25.4 Å². The van der Waals surface area contributed by atoms with Crippen molar-refractivity contribution in [1.82, 2.24) is 9.88 Å². The van der Waals surface area contributed by atoms with Gasteiger partial charge in [0.1, 0.15) is 5.15 Å². The Bertz CT molecular complexity index is 552. The van der Waals surface area contributed by atoms with Gasteiger partial charge in [-0.2, -0.15) is 0 Å². The Morgan fingerprint density at radius 1 is 1.62 bits per heavy atom. The van der Waals surface area contributed by atoms with E-state index in [1.165, 1.54) is 19.4 Å². The van der Waals surface area contributed by atoms with E-state index in [4.69, 9.17) is 22.1 Å². The van der Waals surface area contributed by atoms with Crippen molar-refractivity contribution in [3.8, 4) is 0 Å². The summed E-state index contributed by atoms with van der Waals surface area (Å²) in [7, 11) is 1.31. The van der Waals surface area contributed by atoms with Crippen LogP contribution < -0.4 is 5.73 Å². The van der Waals surface area contributed by atoms with Crippen LogP contribution in [0.25, 0.3) is 0 Å². The first-order valence-electron chi connectivity index (χ1n) is 6.40. The van der Waals surface area contributed by atoms with Gasteiger partial charge in [-0.1, -0.05) is 11.6 Å². The van der Waals surface area contributed by atoms with Gasteiger partial charge in [0.15, 0.2) is 0 Å². The predicted octanol–water partition coefficient (Wildman–Crippen LogP) is 0.721. The molecule has 0 spiro atoms. The van der Waals surface area contributed by atoms with Gasteiger partial charge in [0.05, 0.1) is 43.7 Å². The van der Waals surface area contributed by atoms with E-state index < -0.39 is 0 Å². The molecule has 0 bridgehead atoms. The van der Waals surface area contributed by atoms with Crippen molar-refractivity contribution in [1.29, 1.82) is 0 Å². The number of ether oxygens (including phenoxy) is 2. The number of morpholine rings is 1. The zero-order valence-corrected chi connectivity index (χ0v) is 12.3. The molecule has 1 aliphatic rings. The van der Waals surface area contributed by atoms with Gasteiger partial charge in [0.25, 0.3) is 5.91 Å². The average Bonchev–Trinajstić information content (AvgIpc) is 2.49. The Labute approximate surface area is 127 Å². The number of hydrogen-bond donors (Lipinski definition) is 1. The molecule has 1 saturated heterocycles. The van der Waals surface area contributed by atoms with Crippen LogP contribution >= 0.6 is 11.6 Å². The standard InChI is InChI=1S/C13H16ClN3O4/c1-20-11(18)5-9-7-17(2-3-21-9)13(19)10-4-8(15)6-16-12(10)14/h4,6,9H,2-3,5,7,15H2,1H3. The molecular formula is C13H16ClN3O4. The number of methoxy groups -OCH3 is 1. The number of esters is 1. The van der Waals surface area contributed by atoms with Crippen LogP contribution in [0.2, 0.25) is 5.15 Å². The number of nitrogen functional groups attached to an aromatic ring is 1. The van der Waals surface area contributed by atoms with E-state index in [1.807, 2.05) is 0 Å². The Kier molecular flexibility index (Phi) is 4.98. The number of pyridine rings is 1. The van der Waals surface area contributed by atoms with Gasteiger partial charge < -0.3 is 20.1 Å². The van der Waals surface area contributed by atoms with Crippen LogP contribution in [0.3, 0.4) is 0 Å². The Morgan fingerprint density at radius 2 is 2.38 bits per heavy atom. The Hall–Kier alpha value is -1.86. The van der Waals surface area contributed by atoms with Crippen molar-refractivity contribution in [2.45, 2.75) is 12.5 Å². The summed E-state index contributed by atoms with van der Waals surface area (Å²) in [5.74, 6) is -0.657. The summed E-state index contributed by atoms with van der Waals surface area (Å²) in [6, 6.07) is 1.49. The van der Waals surface area contributed by atoms with Crippen molar-refractivity contribution in [2.75, 3.05) is 32.5 Å². The number of aromatic nitrogens is 1. The summed E-state index contributed by atoms with van der Waals surface area (Å²) in [6.07, 6.45) is 1.10. The summed E-state index contributed by atoms with van der Waals surface area (Å²) in [4.78, 5) is 29.2.